The van der Waals surface area contributed by atoms with Crippen LogP contribution in [0.4, 0.5) is 4.79 Å². The quantitative estimate of drug-likeness (QED) is 0.500. The van der Waals surface area contributed by atoms with E-state index in [2.05, 4.69) is 5.32 Å². The molecule has 2 N–H and O–H groups in total. The fourth-order valence-corrected chi connectivity index (χ4v) is 2.26. The summed E-state index contributed by atoms with van der Waals surface area (Å²) >= 11 is 0. The third-order valence-corrected chi connectivity index (χ3v) is 3.54. The molecule has 7 nitrogen and oxygen atoms in total. The van der Waals surface area contributed by atoms with Gasteiger partial charge in [-0.15, -0.1) is 0 Å². The lowest BCUT2D eigenvalue weighted by Crippen LogP contribution is -2.43. The number of esters is 1. The number of amides is 1. The van der Waals surface area contributed by atoms with Crippen LogP contribution < -0.4 is 5.32 Å². The van der Waals surface area contributed by atoms with E-state index in [0.29, 0.717) is 0 Å². The van der Waals surface area contributed by atoms with Crippen molar-refractivity contribution >= 4 is 18.0 Å². The van der Waals surface area contributed by atoms with Crippen LogP contribution in [0.1, 0.15) is 58.3 Å². The Bertz CT molecular complexity index is 378. The Labute approximate surface area is 130 Å². The maximum atomic E-state index is 12.1. The van der Waals surface area contributed by atoms with Crippen molar-refractivity contribution in [3.05, 3.63) is 0 Å². The molecule has 7 heteroatoms. The number of alkyl carbamates (subject to hydrolysis) is 1. The first-order chi connectivity index (χ1) is 10.5. The molecule has 126 valence electrons. The lowest BCUT2D eigenvalue weighted by atomic mass is 10.1. The Morgan fingerprint density at radius 3 is 2.55 bits per heavy atom. The van der Waals surface area contributed by atoms with Gasteiger partial charge in [-0.2, -0.15) is 0 Å². The lowest BCUT2D eigenvalue weighted by Gasteiger charge is -2.19. The van der Waals surface area contributed by atoms with Gasteiger partial charge in [0, 0.05) is 6.42 Å². The summed E-state index contributed by atoms with van der Waals surface area (Å²) in [5.74, 6) is -1.61. The molecule has 0 aromatic heterocycles. The molecule has 1 aliphatic carbocycles. The molecule has 1 fully saturated rings. The maximum absolute atomic E-state index is 12.1. The van der Waals surface area contributed by atoms with E-state index >= 15 is 0 Å². The Hall–Kier alpha value is -1.79. The van der Waals surface area contributed by atoms with Gasteiger partial charge in [0.1, 0.15) is 12.1 Å². The van der Waals surface area contributed by atoms with Gasteiger partial charge in [0.15, 0.2) is 0 Å². The van der Waals surface area contributed by atoms with E-state index in [4.69, 9.17) is 14.6 Å². The van der Waals surface area contributed by atoms with Gasteiger partial charge in [0.05, 0.1) is 6.61 Å². The third kappa shape index (κ3) is 7.28. The van der Waals surface area contributed by atoms with Gasteiger partial charge < -0.3 is 19.9 Å². The van der Waals surface area contributed by atoms with Crippen LogP contribution >= 0.6 is 0 Å². The van der Waals surface area contributed by atoms with Gasteiger partial charge in [-0.05, 0) is 38.5 Å². The van der Waals surface area contributed by atoms with Crippen molar-refractivity contribution in [3.63, 3.8) is 0 Å². The number of hydrogen-bond acceptors (Lipinski definition) is 5. The first kappa shape index (κ1) is 18.3. The fraction of sp³-hybridized carbons (Fsp3) is 0.800. The minimum atomic E-state index is -1.03. The zero-order chi connectivity index (χ0) is 16.4. The molecule has 1 rings (SSSR count). The van der Waals surface area contributed by atoms with Crippen molar-refractivity contribution in [2.75, 3.05) is 6.61 Å². The number of ether oxygens (including phenoxy) is 2. The summed E-state index contributed by atoms with van der Waals surface area (Å²) < 4.78 is 10.3. The zero-order valence-electron chi connectivity index (χ0n) is 13.0. The van der Waals surface area contributed by atoms with Crippen LogP contribution in [-0.4, -0.2) is 41.9 Å². The molecule has 1 unspecified atom stereocenters. The van der Waals surface area contributed by atoms with E-state index in [9.17, 15) is 14.4 Å². The molecule has 1 amide bonds. The number of carboxylic acid groups (broad SMARTS) is 1. The highest BCUT2D eigenvalue weighted by Gasteiger charge is 2.27. The van der Waals surface area contributed by atoms with Crippen molar-refractivity contribution in [2.24, 2.45) is 0 Å². The Kier molecular flexibility index (Phi) is 8.32. The Balaban J connectivity index is 2.47. The SMILES string of the molecule is CCCCOC(=O)NC(CCC(=O)O)C(=O)OC1CCCC1. The Morgan fingerprint density at radius 1 is 1.27 bits per heavy atom. The molecule has 1 atom stereocenters. The molecule has 22 heavy (non-hydrogen) atoms. The first-order valence-corrected chi connectivity index (χ1v) is 7.88. The summed E-state index contributed by atoms with van der Waals surface area (Å²) in [4.78, 5) is 34.4. The number of aliphatic carboxylic acids is 1. The number of carbonyl (C=O) groups is 3. The number of rotatable bonds is 9. The highest BCUT2D eigenvalue weighted by Crippen LogP contribution is 2.21. The van der Waals surface area contributed by atoms with Crippen molar-refractivity contribution in [1.29, 1.82) is 0 Å². The third-order valence-electron chi connectivity index (χ3n) is 3.54. The summed E-state index contributed by atoms with van der Waals surface area (Å²) in [6.45, 7) is 2.24. The van der Waals surface area contributed by atoms with Crippen molar-refractivity contribution in [3.8, 4) is 0 Å². The van der Waals surface area contributed by atoms with E-state index in [1.165, 1.54) is 0 Å². The molecule has 0 bridgehead atoms. The van der Waals surface area contributed by atoms with Crippen molar-refractivity contribution in [1.82, 2.24) is 5.32 Å². The minimum Gasteiger partial charge on any atom is -0.481 e. The largest absolute Gasteiger partial charge is 0.481 e. The van der Waals surface area contributed by atoms with E-state index in [1.807, 2.05) is 6.92 Å². The smallest absolute Gasteiger partial charge is 0.407 e. The maximum Gasteiger partial charge on any atom is 0.407 e. The number of nitrogens with one attached hydrogen (secondary N) is 1. The molecular weight excluding hydrogens is 290 g/mol. The van der Waals surface area contributed by atoms with E-state index in [1.54, 1.807) is 0 Å². The van der Waals surface area contributed by atoms with E-state index < -0.39 is 24.1 Å². The summed E-state index contributed by atoms with van der Waals surface area (Å²) in [6, 6.07) is -0.981. The number of unbranched alkanes of at least 4 members (excludes halogenated alkanes) is 1. The second-order valence-electron chi connectivity index (χ2n) is 5.46. The average Bonchev–Trinajstić information content (AvgIpc) is 2.96. The van der Waals surface area contributed by atoms with Crippen LogP contribution in [0, 0.1) is 0 Å². The van der Waals surface area contributed by atoms with Crippen LogP contribution in [0.2, 0.25) is 0 Å². The number of hydrogen-bond donors (Lipinski definition) is 2. The molecule has 0 aromatic rings. The molecular formula is C15H25NO6. The summed E-state index contributed by atoms with van der Waals surface area (Å²) in [7, 11) is 0. The van der Waals surface area contributed by atoms with Gasteiger partial charge in [0.2, 0.25) is 0 Å². The molecule has 1 aliphatic rings. The first-order valence-electron chi connectivity index (χ1n) is 7.88. The standard InChI is InChI=1S/C15H25NO6/c1-2-3-10-21-15(20)16-12(8-9-13(17)18)14(19)22-11-6-4-5-7-11/h11-12H,2-10H2,1H3,(H,16,20)(H,17,18). The molecule has 0 aromatic carbocycles. The van der Waals surface area contributed by atoms with Crippen LogP contribution in [0.5, 0.6) is 0 Å². The molecule has 0 radical (unpaired) electrons. The predicted molar refractivity (Wildman–Crippen MR) is 78.4 cm³/mol. The van der Waals surface area contributed by atoms with Crippen LogP contribution in [0.15, 0.2) is 0 Å². The van der Waals surface area contributed by atoms with Crippen LogP contribution in [0.3, 0.4) is 0 Å². The molecule has 0 saturated heterocycles. The van der Waals surface area contributed by atoms with Crippen molar-refractivity contribution in [2.45, 2.75) is 70.4 Å². The van der Waals surface area contributed by atoms with Crippen molar-refractivity contribution < 1.29 is 29.0 Å². The molecule has 0 spiro atoms. The Morgan fingerprint density at radius 2 is 1.95 bits per heavy atom. The zero-order valence-corrected chi connectivity index (χ0v) is 13.0. The summed E-state index contributed by atoms with van der Waals surface area (Å²) in [5.41, 5.74) is 0. The molecule has 1 saturated carbocycles. The van der Waals surface area contributed by atoms with Crippen LogP contribution in [0.25, 0.3) is 0 Å². The highest BCUT2D eigenvalue weighted by atomic mass is 16.6. The van der Waals surface area contributed by atoms with Gasteiger partial charge >= 0.3 is 18.0 Å². The monoisotopic (exact) mass is 315 g/mol. The summed E-state index contributed by atoms with van der Waals surface area (Å²) in [6.07, 6.45) is 4.22. The highest BCUT2D eigenvalue weighted by molar-refractivity contribution is 5.82. The van der Waals surface area contributed by atoms with Gasteiger partial charge in [-0.25, -0.2) is 9.59 Å². The second-order valence-corrected chi connectivity index (χ2v) is 5.46. The molecule has 0 heterocycles. The summed E-state index contributed by atoms with van der Waals surface area (Å²) in [5, 5.41) is 11.1. The molecule has 0 aliphatic heterocycles. The topological polar surface area (TPSA) is 102 Å². The van der Waals surface area contributed by atoms with Gasteiger partial charge in [-0.1, -0.05) is 13.3 Å². The van der Waals surface area contributed by atoms with Gasteiger partial charge in [0.25, 0.3) is 0 Å². The van der Waals surface area contributed by atoms with E-state index in [-0.39, 0.29) is 25.6 Å². The van der Waals surface area contributed by atoms with Gasteiger partial charge in [-0.3, -0.25) is 4.79 Å². The van der Waals surface area contributed by atoms with Crippen LogP contribution in [-0.2, 0) is 19.1 Å². The number of carbonyl (C=O) groups excluding carboxylic acids is 2. The average molecular weight is 315 g/mol. The fourth-order valence-electron chi connectivity index (χ4n) is 2.26. The minimum absolute atomic E-state index is 0.0102. The lowest BCUT2D eigenvalue weighted by molar-refractivity contribution is -0.151. The second kappa shape index (κ2) is 10.0. The normalized spacial score (nSPS) is 16.0. The number of carboxylic acids is 1. The predicted octanol–water partition coefficient (Wildman–Crippen LogP) is 2.23. The van der Waals surface area contributed by atoms with E-state index in [0.717, 1.165) is 38.5 Å².